The van der Waals surface area contributed by atoms with E-state index in [0.29, 0.717) is 6.54 Å². The number of nitrogens with zero attached hydrogens (tertiary/aromatic N) is 4. The first-order chi connectivity index (χ1) is 13.3. The van der Waals surface area contributed by atoms with Crippen LogP contribution in [0.25, 0.3) is 16.9 Å². The van der Waals surface area contributed by atoms with Crippen LogP contribution >= 0.6 is 11.3 Å². The molecule has 5 rings (SSSR count). The number of thiazole rings is 1. The lowest BCUT2D eigenvalue weighted by molar-refractivity contribution is 0.206. The molecule has 0 atom stereocenters. The number of imidazole rings is 1. The number of carbonyl (C=O) groups excluding carboxylic acids is 1. The molecule has 1 aliphatic heterocycles. The van der Waals surface area contributed by atoms with Gasteiger partial charge in [0.15, 0.2) is 0 Å². The molecule has 0 radical (unpaired) electrons. The molecular formula is C20H17N5OS. The van der Waals surface area contributed by atoms with Gasteiger partial charge in [0.25, 0.3) is 0 Å². The summed E-state index contributed by atoms with van der Waals surface area (Å²) in [6, 6.07) is 14.0. The summed E-state index contributed by atoms with van der Waals surface area (Å²) in [6.45, 7) is 1.36. The molecule has 0 aliphatic carbocycles. The number of amides is 2. The van der Waals surface area contributed by atoms with Crippen LogP contribution in [0.5, 0.6) is 0 Å². The Labute approximate surface area is 160 Å². The van der Waals surface area contributed by atoms with Crippen LogP contribution < -0.4 is 5.32 Å². The van der Waals surface area contributed by atoms with Crippen LogP contribution in [0.2, 0.25) is 0 Å². The molecule has 1 N–H and O–H groups in total. The minimum absolute atomic E-state index is 0.0800. The van der Waals surface area contributed by atoms with E-state index in [-0.39, 0.29) is 6.03 Å². The fourth-order valence-electron chi connectivity index (χ4n) is 3.46. The van der Waals surface area contributed by atoms with Crippen LogP contribution in [0.4, 0.5) is 10.5 Å². The van der Waals surface area contributed by atoms with Gasteiger partial charge in [-0.15, -0.1) is 11.3 Å². The zero-order chi connectivity index (χ0) is 18.2. The summed E-state index contributed by atoms with van der Waals surface area (Å²) < 4.78 is 1.93. The Morgan fingerprint density at radius 3 is 2.85 bits per heavy atom. The molecule has 134 valence electrons. The first kappa shape index (κ1) is 16.0. The summed E-state index contributed by atoms with van der Waals surface area (Å²) in [4.78, 5) is 23.4. The van der Waals surface area contributed by atoms with Crippen molar-refractivity contribution in [2.45, 2.75) is 13.0 Å². The molecule has 6 nitrogen and oxygen atoms in total. The lowest BCUT2D eigenvalue weighted by atomic mass is 10.0. The van der Waals surface area contributed by atoms with E-state index in [4.69, 9.17) is 0 Å². The van der Waals surface area contributed by atoms with Crippen molar-refractivity contribution in [3.05, 3.63) is 70.8 Å². The Morgan fingerprint density at radius 2 is 2.00 bits per heavy atom. The van der Waals surface area contributed by atoms with E-state index in [2.05, 4.69) is 33.5 Å². The second-order valence-corrected chi connectivity index (χ2v) is 7.25. The highest BCUT2D eigenvalue weighted by molar-refractivity contribution is 7.07. The Bertz CT molecular complexity index is 1120. The maximum absolute atomic E-state index is 12.7. The number of hydrogen-bond acceptors (Lipinski definition) is 4. The maximum atomic E-state index is 12.7. The van der Waals surface area contributed by atoms with Crippen molar-refractivity contribution in [2.24, 2.45) is 0 Å². The third-order valence-corrected chi connectivity index (χ3v) is 5.46. The van der Waals surface area contributed by atoms with Gasteiger partial charge in [-0.3, -0.25) is 4.57 Å². The summed E-state index contributed by atoms with van der Waals surface area (Å²) >= 11 is 1.54. The lowest BCUT2D eigenvalue weighted by Crippen LogP contribution is -2.38. The van der Waals surface area contributed by atoms with Crippen LogP contribution in [0.15, 0.2) is 59.7 Å². The van der Waals surface area contributed by atoms with Gasteiger partial charge in [0.1, 0.15) is 12.1 Å². The van der Waals surface area contributed by atoms with E-state index < -0.39 is 0 Å². The number of aromatic nitrogens is 3. The topological polar surface area (TPSA) is 63.1 Å². The zero-order valence-corrected chi connectivity index (χ0v) is 15.3. The molecule has 0 saturated carbocycles. The summed E-state index contributed by atoms with van der Waals surface area (Å²) in [5, 5.41) is 4.99. The molecule has 0 fully saturated rings. The van der Waals surface area contributed by atoms with Gasteiger partial charge in [-0.2, -0.15) is 0 Å². The van der Waals surface area contributed by atoms with E-state index in [1.54, 1.807) is 11.8 Å². The van der Waals surface area contributed by atoms with Crippen molar-refractivity contribution in [1.82, 2.24) is 19.4 Å². The van der Waals surface area contributed by atoms with Crippen LogP contribution in [0, 0.1) is 0 Å². The maximum Gasteiger partial charge on any atom is 0.322 e. The molecule has 0 saturated heterocycles. The summed E-state index contributed by atoms with van der Waals surface area (Å²) in [7, 11) is 0. The molecule has 0 unspecified atom stereocenters. The highest BCUT2D eigenvalue weighted by atomic mass is 32.1. The Kier molecular flexibility index (Phi) is 3.86. The van der Waals surface area contributed by atoms with Crippen LogP contribution in [0.3, 0.4) is 0 Å². The number of carbonyl (C=O) groups is 1. The van der Waals surface area contributed by atoms with Crippen molar-refractivity contribution in [1.29, 1.82) is 0 Å². The molecule has 0 bridgehead atoms. The highest BCUT2D eigenvalue weighted by Gasteiger charge is 2.20. The molecule has 3 heterocycles. The number of rotatable bonds is 2. The number of nitrogens with one attached hydrogen (secondary N) is 1. The molecule has 4 aromatic rings. The molecule has 1 aliphatic rings. The van der Waals surface area contributed by atoms with Gasteiger partial charge >= 0.3 is 6.03 Å². The van der Waals surface area contributed by atoms with Gasteiger partial charge in [0.2, 0.25) is 0 Å². The van der Waals surface area contributed by atoms with Gasteiger partial charge in [-0.25, -0.2) is 14.8 Å². The summed E-state index contributed by atoms with van der Waals surface area (Å²) in [6.07, 6.45) is 2.64. The molecule has 2 amide bonds. The minimum Gasteiger partial charge on any atom is -0.320 e. The number of fused-ring (bicyclic) bond motifs is 2. The second-order valence-electron chi connectivity index (χ2n) is 6.54. The quantitative estimate of drug-likeness (QED) is 0.574. The molecule has 27 heavy (non-hydrogen) atoms. The van der Waals surface area contributed by atoms with Gasteiger partial charge < -0.3 is 10.2 Å². The Balaban J connectivity index is 1.38. The molecule has 0 spiro atoms. The fraction of sp³-hybridized carbons (Fsp3) is 0.150. The Morgan fingerprint density at radius 1 is 1.11 bits per heavy atom. The minimum atomic E-state index is -0.0800. The smallest absolute Gasteiger partial charge is 0.320 e. The van der Waals surface area contributed by atoms with Crippen LogP contribution in [-0.4, -0.2) is 32.0 Å². The summed E-state index contributed by atoms with van der Waals surface area (Å²) in [5.74, 6) is 0.832. The van der Waals surface area contributed by atoms with Crippen LogP contribution in [0.1, 0.15) is 11.1 Å². The third-order valence-electron chi connectivity index (χ3n) is 4.88. The van der Waals surface area contributed by atoms with E-state index in [1.807, 2.05) is 39.1 Å². The van der Waals surface area contributed by atoms with E-state index in [0.717, 1.165) is 35.5 Å². The van der Waals surface area contributed by atoms with E-state index in [1.165, 1.54) is 22.5 Å². The molecule has 7 heteroatoms. The van der Waals surface area contributed by atoms with Gasteiger partial charge in [-0.1, -0.05) is 24.3 Å². The standard InChI is InChI=1S/C20H17N5OS/c26-20(24-8-7-14-3-1-2-4-15(14)10-24)23-16-5-6-17-18(9-16)25(12-21-17)19-11-27-13-22-19/h1-6,9,11-13H,7-8,10H2,(H,23,26). The van der Waals surface area contributed by atoms with Crippen molar-refractivity contribution >= 4 is 34.1 Å². The highest BCUT2D eigenvalue weighted by Crippen LogP contribution is 2.23. The second kappa shape index (κ2) is 6.51. The van der Waals surface area contributed by atoms with E-state index >= 15 is 0 Å². The third kappa shape index (κ3) is 2.96. The molecule has 2 aromatic carbocycles. The molecule has 2 aromatic heterocycles. The monoisotopic (exact) mass is 375 g/mol. The SMILES string of the molecule is O=C(Nc1ccc2ncn(-c3cscn3)c2c1)N1CCc2ccccc2C1. The van der Waals surface area contributed by atoms with Crippen molar-refractivity contribution in [3.8, 4) is 5.82 Å². The first-order valence-corrected chi connectivity index (χ1v) is 9.70. The van der Waals surface area contributed by atoms with Gasteiger partial charge in [0.05, 0.1) is 16.5 Å². The predicted octanol–water partition coefficient (Wildman–Crippen LogP) is 4.07. The Hall–Kier alpha value is -3.19. The van der Waals surface area contributed by atoms with Crippen LogP contribution in [-0.2, 0) is 13.0 Å². The fourth-order valence-corrected chi connectivity index (χ4v) is 3.99. The van der Waals surface area contributed by atoms with Gasteiger partial charge in [-0.05, 0) is 35.7 Å². The van der Waals surface area contributed by atoms with Crippen molar-refractivity contribution < 1.29 is 4.79 Å². The first-order valence-electron chi connectivity index (χ1n) is 8.76. The average molecular weight is 375 g/mol. The number of anilines is 1. The number of hydrogen-bond donors (Lipinski definition) is 1. The zero-order valence-electron chi connectivity index (χ0n) is 14.5. The average Bonchev–Trinajstić information content (AvgIpc) is 3.36. The normalized spacial score (nSPS) is 13.6. The number of urea groups is 1. The van der Waals surface area contributed by atoms with Gasteiger partial charge in [0, 0.05) is 24.2 Å². The largest absolute Gasteiger partial charge is 0.322 e. The van der Waals surface area contributed by atoms with Crippen molar-refractivity contribution in [3.63, 3.8) is 0 Å². The summed E-state index contributed by atoms with van der Waals surface area (Å²) in [5.41, 5.74) is 6.88. The molecular weight excluding hydrogens is 358 g/mol. The van der Waals surface area contributed by atoms with Crippen molar-refractivity contribution in [2.75, 3.05) is 11.9 Å². The van der Waals surface area contributed by atoms with E-state index in [9.17, 15) is 4.79 Å². The predicted molar refractivity (Wildman–Crippen MR) is 106 cm³/mol. The number of benzene rings is 2. The lowest BCUT2D eigenvalue weighted by Gasteiger charge is -2.29.